The van der Waals surface area contributed by atoms with Crippen molar-refractivity contribution in [1.82, 2.24) is 0 Å². The van der Waals surface area contributed by atoms with Crippen LogP contribution in [0.3, 0.4) is 0 Å². The summed E-state index contributed by atoms with van der Waals surface area (Å²) in [5, 5.41) is 9.62. The zero-order valence-electron chi connectivity index (χ0n) is 38.0. The van der Waals surface area contributed by atoms with Crippen LogP contribution in [-0.2, 0) is 28.6 Å². The predicted molar refractivity (Wildman–Crippen MR) is 243 cm³/mol. The van der Waals surface area contributed by atoms with Crippen LogP contribution in [0.15, 0.2) is 60.8 Å². The lowest BCUT2D eigenvalue weighted by atomic mass is 10.0. The number of nitrogens with zero attached hydrogens (tertiary/aromatic N) is 1. The van der Waals surface area contributed by atoms with Crippen molar-refractivity contribution < 1.29 is 38.2 Å². The summed E-state index contributed by atoms with van der Waals surface area (Å²) in [6, 6.07) is -0.619. The lowest BCUT2D eigenvalue weighted by molar-refractivity contribution is -0.887. The molecule has 0 aromatic rings. The zero-order chi connectivity index (χ0) is 42.8. The Bertz CT molecular complexity index is 1130. The second-order valence-electron chi connectivity index (χ2n) is 16.7. The molecule has 0 bridgehead atoms. The van der Waals surface area contributed by atoms with Gasteiger partial charge in [-0.25, -0.2) is 4.79 Å². The van der Waals surface area contributed by atoms with E-state index in [0.29, 0.717) is 19.3 Å². The number of hydrogen-bond donors (Lipinski definition) is 1. The number of ether oxygens (including phenoxy) is 3. The molecule has 58 heavy (non-hydrogen) atoms. The Morgan fingerprint density at radius 3 is 1.55 bits per heavy atom. The first-order valence-electron chi connectivity index (χ1n) is 23.3. The second-order valence-corrected chi connectivity index (χ2v) is 16.7. The van der Waals surface area contributed by atoms with Gasteiger partial charge in [-0.2, -0.15) is 0 Å². The maximum absolute atomic E-state index is 12.7. The molecule has 0 aromatic carbocycles. The van der Waals surface area contributed by atoms with Crippen LogP contribution in [0.5, 0.6) is 0 Å². The van der Waals surface area contributed by atoms with Crippen molar-refractivity contribution in [3.05, 3.63) is 60.8 Å². The summed E-state index contributed by atoms with van der Waals surface area (Å²) >= 11 is 0. The first-order chi connectivity index (χ1) is 28.1. The fourth-order valence-corrected chi connectivity index (χ4v) is 6.55. The van der Waals surface area contributed by atoms with Gasteiger partial charge in [-0.1, -0.05) is 164 Å². The maximum Gasteiger partial charge on any atom is 0.362 e. The topological polar surface area (TPSA) is 99.1 Å². The van der Waals surface area contributed by atoms with Crippen LogP contribution in [0.1, 0.15) is 187 Å². The van der Waals surface area contributed by atoms with E-state index in [1.165, 1.54) is 83.5 Å². The van der Waals surface area contributed by atoms with Crippen molar-refractivity contribution in [3.63, 3.8) is 0 Å². The van der Waals surface area contributed by atoms with Crippen LogP contribution in [0, 0.1) is 0 Å². The van der Waals surface area contributed by atoms with Crippen LogP contribution in [0.25, 0.3) is 0 Å². The standard InChI is InChI=1S/C50H87NO7/c1-6-8-10-12-14-16-18-19-20-21-22-23-24-25-26-27-28-29-31-33-35-37-39-41-49(53)58-46(44-56-43-42-47(50(54)55)51(3,4)5)45-57-48(52)40-38-36-34-32-30-17-15-13-11-9-7-2/h8,10,13-17,19-20,30,46-47H,6-7,9,11-12,18,21-29,31-45H2,1-5H3/p+1/b10-8+,15-13+,16-14+,20-19+,30-17+. The van der Waals surface area contributed by atoms with Crippen molar-refractivity contribution >= 4 is 17.9 Å². The van der Waals surface area contributed by atoms with Crippen LogP contribution < -0.4 is 0 Å². The molecule has 1 N–H and O–H groups in total. The van der Waals surface area contributed by atoms with Gasteiger partial charge in [0.2, 0.25) is 0 Å². The lowest BCUT2D eigenvalue weighted by Crippen LogP contribution is -2.50. The highest BCUT2D eigenvalue weighted by molar-refractivity contribution is 5.72. The average Bonchev–Trinajstić information content (AvgIpc) is 3.18. The van der Waals surface area contributed by atoms with Crippen LogP contribution in [-0.4, -0.2) is 80.6 Å². The van der Waals surface area contributed by atoms with E-state index in [1.807, 2.05) is 21.1 Å². The molecule has 0 aliphatic carbocycles. The summed E-state index contributed by atoms with van der Waals surface area (Å²) in [6.07, 6.45) is 49.9. The van der Waals surface area contributed by atoms with Gasteiger partial charge in [0, 0.05) is 19.3 Å². The van der Waals surface area contributed by atoms with E-state index in [9.17, 15) is 19.5 Å². The van der Waals surface area contributed by atoms with Gasteiger partial charge in [0.15, 0.2) is 12.1 Å². The minimum Gasteiger partial charge on any atom is -0.477 e. The Labute approximate surface area is 356 Å². The first kappa shape index (κ1) is 55.0. The zero-order valence-corrected chi connectivity index (χ0v) is 38.0. The monoisotopic (exact) mass is 815 g/mol. The Morgan fingerprint density at radius 2 is 1.02 bits per heavy atom. The van der Waals surface area contributed by atoms with Gasteiger partial charge in [-0.3, -0.25) is 9.59 Å². The molecular weight excluding hydrogens is 727 g/mol. The van der Waals surface area contributed by atoms with Gasteiger partial charge < -0.3 is 23.8 Å². The summed E-state index contributed by atoms with van der Waals surface area (Å²) in [5.41, 5.74) is 0. The molecule has 8 heteroatoms. The number of likely N-dealkylation sites (N-methyl/N-ethyl adjacent to an activating group) is 1. The number of carboxylic acids is 1. The molecule has 2 atom stereocenters. The first-order valence-corrected chi connectivity index (χ1v) is 23.3. The number of carboxylic acid groups (broad SMARTS) is 1. The van der Waals surface area contributed by atoms with E-state index in [-0.39, 0.29) is 36.2 Å². The van der Waals surface area contributed by atoms with E-state index < -0.39 is 18.1 Å². The Kier molecular flexibility index (Phi) is 38.7. The van der Waals surface area contributed by atoms with Crippen LogP contribution in [0.4, 0.5) is 0 Å². The number of allylic oxidation sites excluding steroid dienone is 10. The smallest absolute Gasteiger partial charge is 0.362 e. The van der Waals surface area contributed by atoms with Crippen molar-refractivity contribution in [2.24, 2.45) is 0 Å². The van der Waals surface area contributed by atoms with Gasteiger partial charge in [-0.05, 0) is 64.2 Å². The van der Waals surface area contributed by atoms with Gasteiger partial charge in [0.1, 0.15) is 6.61 Å². The normalized spacial score (nSPS) is 13.5. The van der Waals surface area contributed by atoms with E-state index in [0.717, 1.165) is 70.6 Å². The predicted octanol–water partition coefficient (Wildman–Crippen LogP) is 13.0. The van der Waals surface area contributed by atoms with E-state index in [4.69, 9.17) is 14.2 Å². The van der Waals surface area contributed by atoms with Crippen LogP contribution >= 0.6 is 0 Å². The third kappa shape index (κ3) is 38.5. The van der Waals surface area contributed by atoms with Crippen molar-refractivity contribution in [2.75, 3.05) is 41.0 Å². The highest BCUT2D eigenvalue weighted by Crippen LogP contribution is 2.15. The molecule has 0 aliphatic heterocycles. The third-order valence-electron chi connectivity index (χ3n) is 10.2. The molecule has 0 saturated carbocycles. The molecule has 334 valence electrons. The minimum absolute atomic E-state index is 0.0511. The third-order valence-corrected chi connectivity index (χ3v) is 10.2. The van der Waals surface area contributed by atoms with E-state index in [1.54, 1.807) is 0 Å². The van der Waals surface area contributed by atoms with Crippen LogP contribution in [0.2, 0.25) is 0 Å². The van der Waals surface area contributed by atoms with Gasteiger partial charge in [0.25, 0.3) is 0 Å². The summed E-state index contributed by atoms with van der Waals surface area (Å²) in [7, 11) is 5.52. The molecule has 0 aliphatic rings. The number of rotatable bonds is 41. The molecule has 0 saturated heterocycles. The second kappa shape index (κ2) is 40.8. The molecule has 0 rings (SSSR count). The van der Waals surface area contributed by atoms with E-state index in [2.05, 4.69) is 74.6 Å². The Balaban J connectivity index is 4.23. The summed E-state index contributed by atoms with van der Waals surface area (Å²) in [6.45, 7) is 4.54. The van der Waals surface area contributed by atoms with Gasteiger partial charge >= 0.3 is 17.9 Å². The molecular formula is C50H88NO7+. The molecule has 8 nitrogen and oxygen atoms in total. The fraction of sp³-hybridized carbons (Fsp3) is 0.740. The molecule has 0 fully saturated rings. The number of carbonyl (C=O) groups is 3. The quantitative estimate of drug-likeness (QED) is 0.0216. The number of esters is 2. The molecule has 0 heterocycles. The number of aliphatic carboxylic acids is 1. The largest absolute Gasteiger partial charge is 0.477 e. The Morgan fingerprint density at radius 1 is 0.552 bits per heavy atom. The highest BCUT2D eigenvalue weighted by atomic mass is 16.6. The van der Waals surface area contributed by atoms with Gasteiger partial charge in [-0.15, -0.1) is 0 Å². The number of carbonyl (C=O) groups excluding carboxylic acids is 2. The Hall–Kier alpha value is -2.97. The highest BCUT2D eigenvalue weighted by Gasteiger charge is 2.31. The molecule has 2 unspecified atom stereocenters. The molecule has 0 amide bonds. The minimum atomic E-state index is -0.880. The van der Waals surface area contributed by atoms with Crippen molar-refractivity contribution in [2.45, 2.75) is 199 Å². The maximum atomic E-state index is 12.7. The fourth-order valence-electron chi connectivity index (χ4n) is 6.55. The lowest BCUT2D eigenvalue weighted by Gasteiger charge is -2.31. The number of quaternary nitrogens is 1. The summed E-state index contributed by atoms with van der Waals surface area (Å²) in [5.74, 6) is -1.51. The van der Waals surface area contributed by atoms with Crippen molar-refractivity contribution in [3.8, 4) is 0 Å². The van der Waals surface area contributed by atoms with Gasteiger partial charge in [0.05, 0.1) is 34.4 Å². The number of unbranched alkanes of at least 4 members (excludes halogenated alkanes) is 18. The van der Waals surface area contributed by atoms with Crippen molar-refractivity contribution in [1.29, 1.82) is 0 Å². The SMILES string of the molecule is CC/C=C/C/C=C/C/C=C/CCCCCCCCCCCCCCCC(=O)OC(COCCC(C(=O)O)[N+](C)(C)C)COC(=O)CCCCC/C=C/C=C/CCCC. The average molecular weight is 815 g/mol. The summed E-state index contributed by atoms with van der Waals surface area (Å²) in [4.78, 5) is 37.0. The summed E-state index contributed by atoms with van der Waals surface area (Å²) < 4.78 is 17.3. The van der Waals surface area contributed by atoms with E-state index >= 15 is 0 Å². The molecule has 0 radical (unpaired) electrons. The molecule has 0 aromatic heterocycles. The number of hydrogen-bond acceptors (Lipinski definition) is 6. The molecule has 0 spiro atoms.